The van der Waals surface area contributed by atoms with Gasteiger partial charge in [0, 0.05) is 31.7 Å². The van der Waals surface area contributed by atoms with Crippen molar-refractivity contribution in [2.75, 3.05) is 31.1 Å². The first-order valence-corrected chi connectivity index (χ1v) is 8.45. The van der Waals surface area contributed by atoms with Crippen LogP contribution in [0.4, 0.5) is 14.5 Å². The van der Waals surface area contributed by atoms with Crippen molar-refractivity contribution in [3.05, 3.63) is 64.7 Å². The van der Waals surface area contributed by atoms with Crippen LogP contribution in [0, 0.1) is 23.0 Å². The summed E-state index contributed by atoms with van der Waals surface area (Å²) in [5.41, 5.74) is 0.993. The van der Waals surface area contributed by atoms with Crippen molar-refractivity contribution in [2.45, 2.75) is 6.92 Å². The highest BCUT2D eigenvalue weighted by molar-refractivity contribution is 5.96. The van der Waals surface area contributed by atoms with Crippen molar-refractivity contribution in [3.63, 3.8) is 0 Å². The maximum Gasteiger partial charge on any atom is 0.259 e. The molecule has 1 saturated heterocycles. The van der Waals surface area contributed by atoms with Gasteiger partial charge in [0.2, 0.25) is 0 Å². The van der Waals surface area contributed by atoms with Crippen LogP contribution >= 0.6 is 0 Å². The Morgan fingerprint density at radius 2 is 1.67 bits per heavy atom. The van der Waals surface area contributed by atoms with Gasteiger partial charge >= 0.3 is 0 Å². The Hall–Kier alpha value is -3.27. The third-order valence-electron chi connectivity index (χ3n) is 4.61. The number of piperazine rings is 1. The largest absolute Gasteiger partial charge is 0.367 e. The minimum absolute atomic E-state index is 0.107. The van der Waals surface area contributed by atoms with Crippen molar-refractivity contribution in [1.29, 1.82) is 5.26 Å². The fourth-order valence-electron chi connectivity index (χ4n) is 3.12. The monoisotopic (exact) mass is 369 g/mol. The summed E-state index contributed by atoms with van der Waals surface area (Å²) in [5, 5.41) is 9.32. The number of nitriles is 1. The second kappa shape index (κ2) is 7.54. The highest BCUT2D eigenvalue weighted by Crippen LogP contribution is 2.24. The molecule has 0 aliphatic carbocycles. The number of hydrogen-bond acceptors (Lipinski definition) is 4. The third kappa shape index (κ3) is 3.65. The molecule has 0 atom stereocenters. The molecule has 5 nitrogen and oxygen atoms in total. The van der Waals surface area contributed by atoms with Crippen molar-refractivity contribution in [3.8, 4) is 6.07 Å². The van der Waals surface area contributed by atoms with Gasteiger partial charge in [-0.15, -0.1) is 0 Å². The Morgan fingerprint density at radius 1 is 1.04 bits per heavy atom. The van der Waals surface area contributed by atoms with Gasteiger partial charge in [-0.3, -0.25) is 9.59 Å². The molecule has 2 aromatic rings. The summed E-state index contributed by atoms with van der Waals surface area (Å²) in [6, 6.07) is 10.3. The van der Waals surface area contributed by atoms with Gasteiger partial charge in [-0.1, -0.05) is 6.07 Å². The Balaban J connectivity index is 1.78. The Morgan fingerprint density at radius 3 is 2.22 bits per heavy atom. The molecular weight excluding hydrogens is 352 g/mol. The van der Waals surface area contributed by atoms with Gasteiger partial charge in [0.15, 0.2) is 5.78 Å². The van der Waals surface area contributed by atoms with Crippen LogP contribution in [0.5, 0.6) is 0 Å². The number of carbonyl (C=O) groups is 2. The first kappa shape index (κ1) is 18.5. The number of ketones is 1. The molecular formula is C20H17F2N3O2. The lowest BCUT2D eigenvalue weighted by Gasteiger charge is -2.36. The van der Waals surface area contributed by atoms with Crippen LogP contribution in [0.15, 0.2) is 36.4 Å². The van der Waals surface area contributed by atoms with Crippen LogP contribution in [-0.2, 0) is 0 Å². The summed E-state index contributed by atoms with van der Waals surface area (Å²) in [7, 11) is 0. The predicted octanol–water partition coefficient (Wildman–Crippen LogP) is 3.00. The van der Waals surface area contributed by atoms with E-state index < -0.39 is 23.1 Å². The number of carbonyl (C=O) groups excluding carboxylic acids is 2. The zero-order valence-electron chi connectivity index (χ0n) is 14.7. The van der Waals surface area contributed by atoms with Crippen LogP contribution in [0.1, 0.15) is 33.2 Å². The molecule has 3 rings (SSSR count). The van der Waals surface area contributed by atoms with Crippen LogP contribution in [0.2, 0.25) is 0 Å². The summed E-state index contributed by atoms with van der Waals surface area (Å²) in [6.07, 6.45) is 0. The molecule has 7 heteroatoms. The molecule has 0 N–H and O–H groups in total. The maximum atomic E-state index is 13.9. The minimum Gasteiger partial charge on any atom is -0.367 e. The SMILES string of the molecule is CC(=O)c1ccc(C#N)c(N2CCN(C(=O)c3c(F)cccc3F)CC2)c1. The van der Waals surface area contributed by atoms with E-state index in [-0.39, 0.29) is 18.9 Å². The van der Waals surface area contributed by atoms with Crippen LogP contribution in [0.25, 0.3) is 0 Å². The molecule has 2 aromatic carbocycles. The van der Waals surface area contributed by atoms with Gasteiger partial charge in [-0.25, -0.2) is 8.78 Å². The van der Waals surface area contributed by atoms with Gasteiger partial charge in [-0.05, 0) is 37.3 Å². The molecule has 0 bridgehead atoms. The van der Waals surface area contributed by atoms with E-state index in [4.69, 9.17) is 0 Å². The number of nitrogens with zero attached hydrogens (tertiary/aromatic N) is 3. The van der Waals surface area contributed by atoms with Gasteiger partial charge in [0.05, 0.1) is 11.3 Å². The molecule has 1 fully saturated rings. The van der Waals surface area contributed by atoms with E-state index in [0.29, 0.717) is 29.9 Å². The number of benzene rings is 2. The van der Waals surface area contributed by atoms with E-state index in [1.165, 1.54) is 17.9 Å². The van der Waals surface area contributed by atoms with E-state index >= 15 is 0 Å². The van der Waals surface area contributed by atoms with E-state index in [1.807, 2.05) is 4.90 Å². The molecule has 1 aliphatic rings. The van der Waals surface area contributed by atoms with Gasteiger partial charge in [0.1, 0.15) is 23.3 Å². The van der Waals surface area contributed by atoms with E-state index in [2.05, 4.69) is 6.07 Å². The number of rotatable bonds is 3. The topological polar surface area (TPSA) is 64.4 Å². The van der Waals surface area contributed by atoms with E-state index in [0.717, 1.165) is 12.1 Å². The van der Waals surface area contributed by atoms with Crippen molar-refractivity contribution in [1.82, 2.24) is 4.90 Å². The molecule has 1 amide bonds. The molecule has 0 radical (unpaired) electrons. The number of hydrogen-bond donors (Lipinski definition) is 0. The minimum atomic E-state index is -0.886. The Bertz CT molecular complexity index is 924. The van der Waals surface area contributed by atoms with E-state index in [9.17, 15) is 23.6 Å². The third-order valence-corrected chi connectivity index (χ3v) is 4.61. The number of amides is 1. The lowest BCUT2D eigenvalue weighted by molar-refractivity contribution is 0.0736. The smallest absolute Gasteiger partial charge is 0.259 e. The first-order valence-electron chi connectivity index (χ1n) is 8.45. The fraction of sp³-hybridized carbons (Fsp3) is 0.250. The van der Waals surface area contributed by atoms with Gasteiger partial charge < -0.3 is 9.80 Å². The predicted molar refractivity (Wildman–Crippen MR) is 95.6 cm³/mol. The summed E-state index contributed by atoms with van der Waals surface area (Å²) in [5.74, 6) is -2.57. The number of halogens is 2. The average molecular weight is 369 g/mol. The van der Waals surface area contributed by atoms with Crippen LogP contribution in [0.3, 0.4) is 0 Å². The molecule has 0 aromatic heterocycles. The highest BCUT2D eigenvalue weighted by atomic mass is 19.1. The lowest BCUT2D eigenvalue weighted by Crippen LogP contribution is -2.49. The molecule has 138 valence electrons. The Kier molecular flexibility index (Phi) is 5.17. The highest BCUT2D eigenvalue weighted by Gasteiger charge is 2.27. The summed E-state index contributed by atoms with van der Waals surface area (Å²) in [6.45, 7) is 2.73. The second-order valence-corrected chi connectivity index (χ2v) is 6.28. The van der Waals surface area contributed by atoms with Gasteiger partial charge in [0.25, 0.3) is 5.91 Å². The number of anilines is 1. The average Bonchev–Trinajstić information content (AvgIpc) is 2.67. The zero-order chi connectivity index (χ0) is 19.6. The molecule has 0 spiro atoms. The molecule has 27 heavy (non-hydrogen) atoms. The zero-order valence-corrected chi connectivity index (χ0v) is 14.7. The molecule has 1 aliphatic heterocycles. The van der Waals surface area contributed by atoms with Crippen molar-refractivity contribution in [2.24, 2.45) is 0 Å². The maximum absolute atomic E-state index is 13.9. The second-order valence-electron chi connectivity index (χ2n) is 6.28. The summed E-state index contributed by atoms with van der Waals surface area (Å²) >= 11 is 0. The molecule has 1 heterocycles. The Labute approximate surface area is 155 Å². The molecule has 0 saturated carbocycles. The first-order chi connectivity index (χ1) is 12.9. The standard InChI is InChI=1S/C20H17F2N3O2/c1-13(26)14-5-6-15(12-23)18(11-14)24-7-9-25(10-8-24)20(27)19-16(21)3-2-4-17(19)22/h2-6,11H,7-10H2,1H3. The van der Waals surface area contributed by atoms with Gasteiger partial charge in [-0.2, -0.15) is 5.26 Å². The van der Waals surface area contributed by atoms with Crippen molar-refractivity contribution < 1.29 is 18.4 Å². The summed E-state index contributed by atoms with van der Waals surface area (Å²) < 4.78 is 27.7. The fourth-order valence-corrected chi connectivity index (χ4v) is 3.12. The lowest BCUT2D eigenvalue weighted by atomic mass is 10.1. The quantitative estimate of drug-likeness (QED) is 0.781. The number of Topliss-reactive ketones (excluding diaryl/α,β-unsaturated/α-hetero) is 1. The normalized spacial score (nSPS) is 14.0. The summed E-state index contributed by atoms with van der Waals surface area (Å²) in [4.78, 5) is 27.4. The molecule has 0 unspecified atom stereocenters. The van der Waals surface area contributed by atoms with Crippen molar-refractivity contribution >= 4 is 17.4 Å². The van der Waals surface area contributed by atoms with Crippen LogP contribution < -0.4 is 4.90 Å². The van der Waals surface area contributed by atoms with Crippen LogP contribution in [-0.4, -0.2) is 42.8 Å². The van der Waals surface area contributed by atoms with E-state index in [1.54, 1.807) is 18.2 Å².